The Balaban J connectivity index is 2.03. The number of hydrogen-bond donors (Lipinski definition) is 1. The zero-order valence-electron chi connectivity index (χ0n) is 12.4. The van der Waals surface area contributed by atoms with Gasteiger partial charge in [0.1, 0.15) is 6.10 Å². The van der Waals surface area contributed by atoms with Gasteiger partial charge in [-0.25, -0.2) is 0 Å². The van der Waals surface area contributed by atoms with E-state index in [1.165, 1.54) is 0 Å². The first kappa shape index (κ1) is 14.8. The molecule has 5 nitrogen and oxygen atoms in total. The van der Waals surface area contributed by atoms with Crippen molar-refractivity contribution in [2.75, 3.05) is 19.6 Å². The summed E-state index contributed by atoms with van der Waals surface area (Å²) in [6.07, 6.45) is 1.37. The fourth-order valence-corrected chi connectivity index (χ4v) is 3.21. The molecule has 2 saturated heterocycles. The Morgan fingerprint density at radius 1 is 1.21 bits per heavy atom. The average molecular weight is 270 g/mol. The zero-order chi connectivity index (χ0) is 14.3. The van der Waals surface area contributed by atoms with Crippen molar-refractivity contribution in [3.63, 3.8) is 0 Å². The van der Waals surface area contributed by atoms with E-state index < -0.39 is 0 Å². The van der Waals surface area contributed by atoms with Gasteiger partial charge in [0, 0.05) is 19.6 Å². The number of ether oxygens (including phenoxy) is 2. The molecule has 2 aliphatic rings. The molecule has 0 bridgehead atoms. The molecule has 0 radical (unpaired) electrons. The van der Waals surface area contributed by atoms with E-state index in [0.717, 1.165) is 12.8 Å². The Labute approximate surface area is 115 Å². The van der Waals surface area contributed by atoms with Gasteiger partial charge >= 0.3 is 0 Å². The summed E-state index contributed by atoms with van der Waals surface area (Å²) < 4.78 is 11.7. The average Bonchev–Trinajstić information content (AvgIpc) is 2.72. The van der Waals surface area contributed by atoms with Crippen molar-refractivity contribution in [3.05, 3.63) is 0 Å². The summed E-state index contributed by atoms with van der Waals surface area (Å²) in [5.41, 5.74) is 4.96. The normalized spacial score (nSPS) is 33.4. The molecule has 2 heterocycles. The number of rotatable bonds is 2. The number of carbonyl (C=O) groups is 1. The Morgan fingerprint density at radius 2 is 1.79 bits per heavy atom. The molecule has 110 valence electrons. The fraction of sp³-hybridized carbons (Fsp3) is 0.929. The summed E-state index contributed by atoms with van der Waals surface area (Å²) in [6.45, 7) is 9.80. The molecule has 0 aromatic heterocycles. The maximum absolute atomic E-state index is 12.5. The van der Waals surface area contributed by atoms with Crippen LogP contribution in [0.2, 0.25) is 0 Å². The second-order valence-corrected chi connectivity index (χ2v) is 6.88. The zero-order valence-corrected chi connectivity index (χ0v) is 12.4. The second-order valence-electron chi connectivity index (χ2n) is 6.88. The van der Waals surface area contributed by atoms with Crippen molar-refractivity contribution in [2.45, 2.75) is 63.9 Å². The molecule has 1 amide bonds. The molecule has 2 aliphatic heterocycles. The van der Waals surface area contributed by atoms with Gasteiger partial charge in [0.05, 0.1) is 17.3 Å². The van der Waals surface area contributed by atoms with Crippen LogP contribution in [0.4, 0.5) is 0 Å². The summed E-state index contributed by atoms with van der Waals surface area (Å²) in [6, 6.07) is 0. The molecule has 2 rings (SSSR count). The van der Waals surface area contributed by atoms with Gasteiger partial charge in [-0.15, -0.1) is 0 Å². The highest BCUT2D eigenvalue weighted by molar-refractivity contribution is 5.81. The van der Waals surface area contributed by atoms with E-state index in [1.54, 1.807) is 0 Å². The SMILES string of the molecule is CC1(C)CN(C(=O)C2CCC(CN)O2)CC(C)(C)O1. The number of amides is 1. The van der Waals surface area contributed by atoms with E-state index in [0.29, 0.717) is 19.6 Å². The van der Waals surface area contributed by atoms with Crippen LogP contribution in [-0.2, 0) is 14.3 Å². The lowest BCUT2D eigenvalue weighted by atomic mass is 9.98. The minimum Gasteiger partial charge on any atom is -0.366 e. The van der Waals surface area contributed by atoms with Crippen LogP contribution in [0, 0.1) is 0 Å². The van der Waals surface area contributed by atoms with Gasteiger partial charge in [0.15, 0.2) is 0 Å². The maximum atomic E-state index is 12.5. The third-order valence-electron chi connectivity index (χ3n) is 3.65. The standard InChI is InChI=1S/C14H26N2O3/c1-13(2)8-16(9-14(3,4)19-13)12(17)11-6-5-10(7-15)18-11/h10-11H,5-9,15H2,1-4H3. The van der Waals surface area contributed by atoms with Crippen LogP contribution in [0.15, 0.2) is 0 Å². The van der Waals surface area contributed by atoms with E-state index in [9.17, 15) is 4.79 Å². The van der Waals surface area contributed by atoms with Gasteiger partial charge in [-0.2, -0.15) is 0 Å². The van der Waals surface area contributed by atoms with E-state index in [1.807, 2.05) is 32.6 Å². The highest BCUT2D eigenvalue weighted by Crippen LogP contribution is 2.30. The van der Waals surface area contributed by atoms with Crippen LogP contribution < -0.4 is 5.73 Å². The number of hydrogen-bond acceptors (Lipinski definition) is 4. The highest BCUT2D eigenvalue weighted by atomic mass is 16.5. The van der Waals surface area contributed by atoms with Crippen LogP contribution >= 0.6 is 0 Å². The molecule has 0 spiro atoms. The Bertz CT molecular complexity index is 339. The lowest BCUT2D eigenvalue weighted by molar-refractivity contribution is -0.192. The molecule has 2 fully saturated rings. The highest BCUT2D eigenvalue weighted by Gasteiger charge is 2.42. The number of nitrogens with two attached hydrogens (primary N) is 1. The number of carbonyl (C=O) groups excluding carboxylic acids is 1. The summed E-state index contributed by atoms with van der Waals surface area (Å²) in [4.78, 5) is 14.4. The van der Waals surface area contributed by atoms with Crippen molar-refractivity contribution in [1.82, 2.24) is 4.90 Å². The van der Waals surface area contributed by atoms with Gasteiger partial charge in [-0.3, -0.25) is 4.79 Å². The van der Waals surface area contributed by atoms with Gasteiger partial charge in [0.25, 0.3) is 5.91 Å². The van der Waals surface area contributed by atoms with Crippen molar-refractivity contribution in [2.24, 2.45) is 5.73 Å². The lowest BCUT2D eigenvalue weighted by Gasteiger charge is -2.47. The van der Waals surface area contributed by atoms with Crippen molar-refractivity contribution in [3.8, 4) is 0 Å². The second kappa shape index (κ2) is 5.04. The van der Waals surface area contributed by atoms with Crippen LogP contribution in [0.5, 0.6) is 0 Å². The predicted molar refractivity (Wildman–Crippen MR) is 72.8 cm³/mol. The summed E-state index contributed by atoms with van der Waals surface area (Å²) in [7, 11) is 0. The number of nitrogens with zero attached hydrogens (tertiary/aromatic N) is 1. The first-order valence-electron chi connectivity index (χ1n) is 7.07. The van der Waals surface area contributed by atoms with Crippen molar-refractivity contribution < 1.29 is 14.3 Å². The minimum absolute atomic E-state index is 0.0380. The number of morpholine rings is 1. The van der Waals surface area contributed by atoms with E-state index in [2.05, 4.69) is 0 Å². The molecular weight excluding hydrogens is 244 g/mol. The summed E-state index contributed by atoms with van der Waals surface area (Å²) in [5.74, 6) is 0.0837. The Hall–Kier alpha value is -0.650. The van der Waals surface area contributed by atoms with E-state index >= 15 is 0 Å². The molecule has 0 aromatic rings. The molecular formula is C14H26N2O3. The molecule has 2 unspecified atom stereocenters. The lowest BCUT2D eigenvalue weighted by Crippen LogP contribution is -2.60. The van der Waals surface area contributed by atoms with Gasteiger partial charge in [-0.05, 0) is 40.5 Å². The molecule has 2 N–H and O–H groups in total. The van der Waals surface area contributed by atoms with Crippen LogP contribution in [0.1, 0.15) is 40.5 Å². The van der Waals surface area contributed by atoms with Crippen LogP contribution in [0.3, 0.4) is 0 Å². The largest absolute Gasteiger partial charge is 0.366 e. The minimum atomic E-state index is -0.321. The molecule has 19 heavy (non-hydrogen) atoms. The quantitative estimate of drug-likeness (QED) is 0.810. The van der Waals surface area contributed by atoms with Crippen LogP contribution in [0.25, 0.3) is 0 Å². The molecule has 0 aliphatic carbocycles. The summed E-state index contributed by atoms with van der Waals surface area (Å²) in [5, 5.41) is 0. The first-order chi connectivity index (χ1) is 8.72. The summed E-state index contributed by atoms with van der Waals surface area (Å²) >= 11 is 0. The molecule has 2 atom stereocenters. The van der Waals surface area contributed by atoms with Gasteiger partial charge in [0.2, 0.25) is 0 Å². The molecule has 0 aromatic carbocycles. The fourth-order valence-electron chi connectivity index (χ4n) is 3.21. The van der Waals surface area contributed by atoms with E-state index in [4.69, 9.17) is 15.2 Å². The van der Waals surface area contributed by atoms with Crippen molar-refractivity contribution in [1.29, 1.82) is 0 Å². The first-order valence-corrected chi connectivity index (χ1v) is 7.07. The smallest absolute Gasteiger partial charge is 0.251 e. The third-order valence-corrected chi connectivity index (χ3v) is 3.65. The van der Waals surface area contributed by atoms with Crippen molar-refractivity contribution >= 4 is 5.91 Å². The topological polar surface area (TPSA) is 64.8 Å². The van der Waals surface area contributed by atoms with Crippen LogP contribution in [-0.4, -0.2) is 53.9 Å². The Morgan fingerprint density at radius 3 is 2.26 bits per heavy atom. The van der Waals surface area contributed by atoms with Gasteiger partial charge < -0.3 is 20.1 Å². The maximum Gasteiger partial charge on any atom is 0.251 e. The monoisotopic (exact) mass is 270 g/mol. The Kier molecular flexibility index (Phi) is 3.91. The van der Waals surface area contributed by atoms with E-state index in [-0.39, 0.29) is 29.3 Å². The third kappa shape index (κ3) is 3.46. The van der Waals surface area contributed by atoms with Gasteiger partial charge in [-0.1, -0.05) is 0 Å². The molecule has 5 heteroatoms. The molecule has 0 saturated carbocycles. The predicted octanol–water partition coefficient (Wildman–Crippen LogP) is 0.909.